The van der Waals surface area contributed by atoms with Gasteiger partial charge < -0.3 is 4.57 Å². The second kappa shape index (κ2) is 4.35. The van der Waals surface area contributed by atoms with Crippen LogP contribution < -0.4 is 0 Å². The van der Waals surface area contributed by atoms with E-state index < -0.39 is 18.1 Å². The average molecular weight is 300 g/mol. The summed E-state index contributed by atoms with van der Waals surface area (Å²) in [6, 6.07) is 0. The number of alkyl halides is 4. The summed E-state index contributed by atoms with van der Waals surface area (Å²) in [5.41, 5.74) is -0.465. The Bertz CT molecular complexity index is 365. The van der Waals surface area contributed by atoms with Gasteiger partial charge in [0.05, 0.1) is 5.33 Å². The van der Waals surface area contributed by atoms with Crippen LogP contribution in [0.2, 0.25) is 0 Å². The van der Waals surface area contributed by atoms with E-state index in [1.54, 1.807) is 0 Å². The third-order valence-corrected chi connectivity index (χ3v) is 2.45. The van der Waals surface area contributed by atoms with Crippen molar-refractivity contribution >= 4 is 15.9 Å². The lowest BCUT2D eigenvalue weighted by atomic mass is 10.1. The standard InChI is InChI=1S/C9H13BrF3N3/c1-8(2,3)16-6(4-9(11,12)13)14-15-7(16)5-10/h4-5H2,1-3H3. The van der Waals surface area contributed by atoms with E-state index in [2.05, 4.69) is 26.1 Å². The molecule has 0 aliphatic rings. The molecule has 0 fully saturated rings. The van der Waals surface area contributed by atoms with E-state index in [4.69, 9.17) is 0 Å². The highest BCUT2D eigenvalue weighted by Crippen LogP contribution is 2.25. The molecule has 92 valence electrons. The molecular formula is C9H13BrF3N3. The molecule has 7 heteroatoms. The van der Waals surface area contributed by atoms with Crippen molar-refractivity contribution < 1.29 is 13.2 Å². The normalized spacial score (nSPS) is 13.2. The van der Waals surface area contributed by atoms with Gasteiger partial charge >= 0.3 is 6.18 Å². The Labute approximate surface area is 100 Å². The highest BCUT2D eigenvalue weighted by atomic mass is 79.9. The minimum atomic E-state index is -4.26. The molecule has 1 aromatic rings. The van der Waals surface area contributed by atoms with E-state index in [0.717, 1.165) is 0 Å². The first-order valence-corrected chi connectivity index (χ1v) is 5.83. The molecule has 1 aromatic heterocycles. The van der Waals surface area contributed by atoms with Crippen molar-refractivity contribution in [1.29, 1.82) is 0 Å². The van der Waals surface area contributed by atoms with E-state index in [0.29, 0.717) is 11.2 Å². The van der Waals surface area contributed by atoms with Gasteiger partial charge in [0.15, 0.2) is 0 Å². The smallest absolute Gasteiger partial charge is 0.309 e. The van der Waals surface area contributed by atoms with Gasteiger partial charge in [-0.1, -0.05) is 15.9 Å². The summed E-state index contributed by atoms with van der Waals surface area (Å²) in [5.74, 6) is 0.459. The van der Waals surface area contributed by atoms with Crippen molar-refractivity contribution in [3.05, 3.63) is 11.6 Å². The SMILES string of the molecule is CC(C)(C)n1c(CBr)nnc1CC(F)(F)F. The fourth-order valence-electron chi connectivity index (χ4n) is 1.51. The third-order valence-electron chi connectivity index (χ3n) is 1.95. The van der Waals surface area contributed by atoms with Crippen LogP contribution in [0.5, 0.6) is 0 Å². The second-order valence-corrected chi connectivity index (χ2v) is 5.03. The number of aromatic nitrogens is 3. The molecule has 0 N–H and O–H groups in total. The zero-order valence-electron chi connectivity index (χ0n) is 9.27. The summed E-state index contributed by atoms with van der Waals surface area (Å²) < 4.78 is 38.5. The van der Waals surface area contributed by atoms with Gasteiger partial charge in [0, 0.05) is 5.54 Å². The molecule has 0 aliphatic carbocycles. The first kappa shape index (κ1) is 13.5. The molecule has 0 spiro atoms. The maximum Gasteiger partial charge on any atom is 0.396 e. The lowest BCUT2D eigenvalue weighted by molar-refractivity contribution is -0.129. The van der Waals surface area contributed by atoms with Crippen LogP contribution in [-0.2, 0) is 17.3 Å². The zero-order valence-corrected chi connectivity index (χ0v) is 10.9. The van der Waals surface area contributed by atoms with Gasteiger partial charge in [0.25, 0.3) is 0 Å². The number of hydrogen-bond donors (Lipinski definition) is 0. The predicted molar refractivity (Wildman–Crippen MR) is 57.4 cm³/mol. The molecule has 0 amide bonds. The molecule has 0 bridgehead atoms. The fourth-order valence-corrected chi connectivity index (χ4v) is 1.87. The van der Waals surface area contributed by atoms with Crippen molar-refractivity contribution in [2.45, 2.75) is 44.2 Å². The first-order valence-electron chi connectivity index (χ1n) is 4.71. The number of rotatable bonds is 2. The molecule has 0 saturated carbocycles. The fraction of sp³-hybridized carbons (Fsp3) is 0.778. The summed E-state index contributed by atoms with van der Waals surface area (Å²) in [6.07, 6.45) is -5.32. The van der Waals surface area contributed by atoms with Crippen LogP contribution in [0.15, 0.2) is 0 Å². The van der Waals surface area contributed by atoms with Crippen molar-refractivity contribution in [2.75, 3.05) is 0 Å². The van der Waals surface area contributed by atoms with Crippen molar-refractivity contribution in [3.63, 3.8) is 0 Å². The van der Waals surface area contributed by atoms with Crippen LogP contribution in [0, 0.1) is 0 Å². The van der Waals surface area contributed by atoms with Gasteiger partial charge in [-0.3, -0.25) is 0 Å². The Hall–Kier alpha value is -0.590. The van der Waals surface area contributed by atoms with Crippen LogP contribution >= 0.6 is 15.9 Å². The minimum Gasteiger partial charge on any atom is -0.309 e. The Morgan fingerprint density at radius 3 is 2.00 bits per heavy atom. The summed E-state index contributed by atoms with van der Waals surface area (Å²) in [4.78, 5) is 0. The molecule has 16 heavy (non-hydrogen) atoms. The van der Waals surface area contributed by atoms with Gasteiger partial charge in [-0.15, -0.1) is 10.2 Å². The molecule has 0 aliphatic heterocycles. The molecule has 0 saturated heterocycles. The maximum atomic E-state index is 12.3. The zero-order chi connectivity index (χ0) is 12.6. The highest BCUT2D eigenvalue weighted by molar-refractivity contribution is 9.08. The van der Waals surface area contributed by atoms with Crippen molar-refractivity contribution in [3.8, 4) is 0 Å². The number of halogens is 4. The second-order valence-electron chi connectivity index (χ2n) is 4.46. The number of hydrogen-bond acceptors (Lipinski definition) is 2. The van der Waals surface area contributed by atoms with Crippen LogP contribution in [0.4, 0.5) is 13.2 Å². The minimum absolute atomic E-state index is 0.0468. The monoisotopic (exact) mass is 299 g/mol. The Morgan fingerprint density at radius 2 is 1.62 bits per heavy atom. The maximum absolute atomic E-state index is 12.3. The number of nitrogens with zero attached hydrogens (tertiary/aromatic N) is 3. The Morgan fingerprint density at radius 1 is 1.12 bits per heavy atom. The van der Waals surface area contributed by atoms with E-state index >= 15 is 0 Å². The van der Waals surface area contributed by atoms with Gasteiger partial charge in [0.2, 0.25) is 0 Å². The first-order chi connectivity index (χ1) is 7.15. The van der Waals surface area contributed by atoms with Crippen molar-refractivity contribution in [1.82, 2.24) is 14.8 Å². The van der Waals surface area contributed by atoms with Crippen LogP contribution in [0.25, 0.3) is 0 Å². The van der Waals surface area contributed by atoms with Gasteiger partial charge in [0.1, 0.15) is 18.1 Å². The molecule has 3 nitrogen and oxygen atoms in total. The van der Waals surface area contributed by atoms with Crippen LogP contribution in [0.3, 0.4) is 0 Å². The molecule has 1 rings (SSSR count). The van der Waals surface area contributed by atoms with E-state index in [1.165, 1.54) is 4.57 Å². The average Bonchev–Trinajstić information content (AvgIpc) is 2.43. The Kier molecular flexibility index (Phi) is 3.66. The summed E-state index contributed by atoms with van der Waals surface area (Å²) >= 11 is 3.19. The summed E-state index contributed by atoms with van der Waals surface area (Å²) in [7, 11) is 0. The third kappa shape index (κ3) is 3.20. The molecule has 1 heterocycles. The Balaban J connectivity index is 3.16. The van der Waals surface area contributed by atoms with Crippen molar-refractivity contribution in [2.24, 2.45) is 0 Å². The van der Waals surface area contributed by atoms with Crippen LogP contribution in [0.1, 0.15) is 32.4 Å². The predicted octanol–water partition coefficient (Wildman–Crippen LogP) is 3.03. The molecule has 0 radical (unpaired) electrons. The quantitative estimate of drug-likeness (QED) is 0.786. The van der Waals surface area contributed by atoms with Gasteiger partial charge in [-0.05, 0) is 20.8 Å². The summed E-state index contributed by atoms with van der Waals surface area (Å²) in [6.45, 7) is 5.47. The topological polar surface area (TPSA) is 30.7 Å². The largest absolute Gasteiger partial charge is 0.396 e. The van der Waals surface area contributed by atoms with E-state index in [-0.39, 0.29) is 5.82 Å². The molecule has 0 aromatic carbocycles. The van der Waals surface area contributed by atoms with E-state index in [9.17, 15) is 13.2 Å². The lowest BCUT2D eigenvalue weighted by Gasteiger charge is -2.24. The van der Waals surface area contributed by atoms with E-state index in [1.807, 2.05) is 20.8 Å². The molecule has 0 unspecified atom stereocenters. The van der Waals surface area contributed by atoms with Crippen LogP contribution in [-0.4, -0.2) is 20.9 Å². The molecule has 0 atom stereocenters. The molecular weight excluding hydrogens is 287 g/mol. The lowest BCUT2D eigenvalue weighted by Crippen LogP contribution is -2.28. The van der Waals surface area contributed by atoms with Gasteiger partial charge in [-0.25, -0.2) is 0 Å². The summed E-state index contributed by atoms with van der Waals surface area (Å²) in [5, 5.41) is 7.74. The van der Waals surface area contributed by atoms with Gasteiger partial charge in [-0.2, -0.15) is 13.2 Å². The highest BCUT2D eigenvalue weighted by Gasteiger charge is 2.33.